The average Bonchev–Trinajstić information content (AvgIpc) is 2.71. The quantitative estimate of drug-likeness (QED) is 0.621. The van der Waals surface area contributed by atoms with Gasteiger partial charge in [0.2, 0.25) is 0 Å². The van der Waals surface area contributed by atoms with Crippen molar-refractivity contribution in [3.05, 3.63) is 29.3 Å². The minimum absolute atomic E-state index is 0.598. The van der Waals surface area contributed by atoms with E-state index in [1.165, 1.54) is 24.2 Å². The van der Waals surface area contributed by atoms with Crippen LogP contribution in [0.5, 0.6) is 0 Å². The number of hydrogen-bond acceptors (Lipinski definition) is 2. The third-order valence-corrected chi connectivity index (χ3v) is 3.99. The molecule has 1 nitrogen and oxygen atoms in total. The van der Waals surface area contributed by atoms with Crippen molar-refractivity contribution in [1.82, 2.24) is 5.32 Å². The molecule has 16 heavy (non-hydrogen) atoms. The van der Waals surface area contributed by atoms with Gasteiger partial charge in [-0.05, 0) is 42.5 Å². The summed E-state index contributed by atoms with van der Waals surface area (Å²) in [5.41, 5.74) is 3.16. The molecule has 88 valence electrons. The monoisotopic (exact) mass is 235 g/mol. The van der Waals surface area contributed by atoms with Crippen LogP contribution < -0.4 is 5.32 Å². The van der Waals surface area contributed by atoms with E-state index in [9.17, 15) is 0 Å². The van der Waals surface area contributed by atoms with Crippen LogP contribution in [0.2, 0.25) is 0 Å². The Labute approximate surface area is 103 Å². The topological polar surface area (TPSA) is 12.0 Å². The van der Waals surface area contributed by atoms with Gasteiger partial charge in [-0.15, -0.1) is 11.8 Å². The molecule has 1 N–H and O–H groups in total. The normalized spacial score (nSPS) is 14.4. The Kier molecular flexibility index (Phi) is 4.30. The van der Waals surface area contributed by atoms with E-state index in [1.54, 1.807) is 11.1 Å². The van der Waals surface area contributed by atoms with E-state index in [4.69, 9.17) is 0 Å². The second-order valence-electron chi connectivity index (χ2n) is 4.74. The third-order valence-electron chi connectivity index (χ3n) is 2.99. The van der Waals surface area contributed by atoms with E-state index >= 15 is 0 Å². The lowest BCUT2D eigenvalue weighted by atomic mass is 10.1. The van der Waals surface area contributed by atoms with Crippen LogP contribution in [-0.2, 0) is 12.8 Å². The summed E-state index contributed by atoms with van der Waals surface area (Å²) in [5.74, 6) is 1.16. The first-order valence-corrected chi connectivity index (χ1v) is 7.22. The van der Waals surface area contributed by atoms with Gasteiger partial charge in [0.1, 0.15) is 0 Å². The molecule has 1 aliphatic rings. The molecule has 1 aromatic rings. The maximum Gasteiger partial charge on any atom is 0.0106 e. The standard InChI is InChI=1S/C14H21NS/c1-11(2)15-8-9-16-14-7-6-12-4-3-5-13(12)10-14/h6-7,10-11,15H,3-5,8-9H2,1-2H3. The fraction of sp³-hybridized carbons (Fsp3) is 0.571. The maximum atomic E-state index is 3.45. The molecule has 0 spiro atoms. The minimum Gasteiger partial charge on any atom is -0.314 e. The van der Waals surface area contributed by atoms with Crippen LogP contribution in [0.25, 0.3) is 0 Å². The van der Waals surface area contributed by atoms with Crippen molar-refractivity contribution in [3.8, 4) is 0 Å². The highest BCUT2D eigenvalue weighted by Crippen LogP contribution is 2.27. The van der Waals surface area contributed by atoms with Gasteiger partial charge in [-0.3, -0.25) is 0 Å². The average molecular weight is 235 g/mol. The van der Waals surface area contributed by atoms with Crippen molar-refractivity contribution < 1.29 is 0 Å². The number of benzene rings is 1. The van der Waals surface area contributed by atoms with Gasteiger partial charge < -0.3 is 5.32 Å². The second-order valence-corrected chi connectivity index (χ2v) is 5.91. The zero-order valence-corrected chi connectivity index (χ0v) is 11.1. The molecule has 0 atom stereocenters. The van der Waals surface area contributed by atoms with Crippen molar-refractivity contribution in [2.75, 3.05) is 12.3 Å². The van der Waals surface area contributed by atoms with Crippen molar-refractivity contribution in [3.63, 3.8) is 0 Å². The smallest absolute Gasteiger partial charge is 0.0106 e. The zero-order chi connectivity index (χ0) is 11.4. The molecule has 1 aliphatic carbocycles. The second kappa shape index (κ2) is 5.74. The molecule has 0 radical (unpaired) electrons. The molecule has 2 rings (SSSR count). The molecule has 1 aromatic carbocycles. The largest absolute Gasteiger partial charge is 0.314 e. The molecular weight excluding hydrogens is 214 g/mol. The molecule has 2 heteroatoms. The Bertz CT molecular complexity index is 347. The lowest BCUT2D eigenvalue weighted by Crippen LogP contribution is -2.24. The molecule has 0 saturated carbocycles. The molecule has 0 unspecified atom stereocenters. The van der Waals surface area contributed by atoms with Crippen LogP contribution in [0.3, 0.4) is 0 Å². The summed E-state index contributed by atoms with van der Waals surface area (Å²) in [7, 11) is 0. The zero-order valence-electron chi connectivity index (χ0n) is 10.3. The van der Waals surface area contributed by atoms with Crippen LogP contribution in [0.1, 0.15) is 31.4 Å². The van der Waals surface area contributed by atoms with E-state index in [0.717, 1.165) is 12.3 Å². The van der Waals surface area contributed by atoms with E-state index in [1.807, 2.05) is 11.8 Å². The predicted octanol–water partition coefficient (Wildman–Crippen LogP) is 3.27. The Balaban J connectivity index is 1.81. The van der Waals surface area contributed by atoms with Gasteiger partial charge in [-0.1, -0.05) is 19.9 Å². The van der Waals surface area contributed by atoms with Gasteiger partial charge in [0.25, 0.3) is 0 Å². The fourth-order valence-corrected chi connectivity index (χ4v) is 3.00. The van der Waals surface area contributed by atoms with E-state index in [-0.39, 0.29) is 0 Å². The first kappa shape index (κ1) is 12.0. The Hall–Kier alpha value is -0.470. The number of aryl methyl sites for hydroxylation is 2. The third kappa shape index (κ3) is 3.26. The number of thioether (sulfide) groups is 1. The highest BCUT2D eigenvalue weighted by Gasteiger charge is 2.10. The molecule has 0 fully saturated rings. The molecule has 0 saturated heterocycles. The van der Waals surface area contributed by atoms with E-state index in [0.29, 0.717) is 6.04 Å². The van der Waals surface area contributed by atoms with Crippen LogP contribution in [0.15, 0.2) is 23.1 Å². The summed E-state index contributed by atoms with van der Waals surface area (Å²) in [4.78, 5) is 1.44. The van der Waals surface area contributed by atoms with Gasteiger partial charge in [-0.25, -0.2) is 0 Å². The predicted molar refractivity (Wildman–Crippen MR) is 72.3 cm³/mol. The SMILES string of the molecule is CC(C)NCCSc1ccc2c(c1)CCC2. The van der Waals surface area contributed by atoms with E-state index < -0.39 is 0 Å². The molecule has 0 amide bonds. The summed E-state index contributed by atoms with van der Waals surface area (Å²) in [6.07, 6.45) is 3.92. The molecule has 0 aromatic heterocycles. The molecule has 0 bridgehead atoms. The van der Waals surface area contributed by atoms with E-state index in [2.05, 4.69) is 37.4 Å². The maximum absolute atomic E-state index is 3.45. The van der Waals surface area contributed by atoms with Gasteiger partial charge in [-0.2, -0.15) is 0 Å². The number of rotatable bonds is 5. The van der Waals surface area contributed by atoms with Gasteiger partial charge in [0.15, 0.2) is 0 Å². The Morgan fingerprint density at radius 1 is 1.25 bits per heavy atom. The van der Waals surface area contributed by atoms with Crippen LogP contribution >= 0.6 is 11.8 Å². The molecule has 0 heterocycles. The van der Waals surface area contributed by atoms with Crippen LogP contribution in [0.4, 0.5) is 0 Å². The minimum atomic E-state index is 0.598. The summed E-state index contributed by atoms with van der Waals surface area (Å²) >= 11 is 1.97. The van der Waals surface area contributed by atoms with Crippen LogP contribution in [-0.4, -0.2) is 18.3 Å². The van der Waals surface area contributed by atoms with Gasteiger partial charge in [0.05, 0.1) is 0 Å². The first-order valence-electron chi connectivity index (χ1n) is 6.23. The fourth-order valence-electron chi connectivity index (χ4n) is 2.15. The lowest BCUT2D eigenvalue weighted by Gasteiger charge is -2.08. The summed E-state index contributed by atoms with van der Waals surface area (Å²) in [5, 5.41) is 3.45. The molecule has 0 aliphatic heterocycles. The van der Waals surface area contributed by atoms with Crippen molar-refractivity contribution in [2.45, 2.75) is 44.0 Å². The first-order chi connectivity index (χ1) is 7.75. The van der Waals surface area contributed by atoms with Crippen LogP contribution in [0, 0.1) is 0 Å². The van der Waals surface area contributed by atoms with Crippen molar-refractivity contribution >= 4 is 11.8 Å². The summed E-state index contributed by atoms with van der Waals surface area (Å²) < 4.78 is 0. The number of hydrogen-bond donors (Lipinski definition) is 1. The van der Waals surface area contributed by atoms with Crippen molar-refractivity contribution in [2.24, 2.45) is 0 Å². The molecular formula is C14H21NS. The Morgan fingerprint density at radius 2 is 2.06 bits per heavy atom. The van der Waals surface area contributed by atoms with Gasteiger partial charge >= 0.3 is 0 Å². The number of nitrogens with one attached hydrogen (secondary N) is 1. The summed E-state index contributed by atoms with van der Waals surface area (Å²) in [6, 6.07) is 7.59. The Morgan fingerprint density at radius 3 is 2.88 bits per heavy atom. The highest BCUT2D eigenvalue weighted by atomic mass is 32.2. The number of fused-ring (bicyclic) bond motifs is 1. The summed E-state index contributed by atoms with van der Waals surface area (Å²) in [6.45, 7) is 5.49. The van der Waals surface area contributed by atoms with Crippen molar-refractivity contribution in [1.29, 1.82) is 0 Å². The highest BCUT2D eigenvalue weighted by molar-refractivity contribution is 7.99. The van der Waals surface area contributed by atoms with Gasteiger partial charge in [0, 0.05) is 23.2 Å². The lowest BCUT2D eigenvalue weighted by molar-refractivity contribution is 0.616.